The summed E-state index contributed by atoms with van der Waals surface area (Å²) in [6.07, 6.45) is 0.795. The van der Waals surface area contributed by atoms with Gasteiger partial charge in [0.2, 0.25) is 0 Å². The molecule has 0 spiro atoms. The van der Waals surface area contributed by atoms with Crippen molar-refractivity contribution in [3.8, 4) is 5.75 Å². The van der Waals surface area contributed by atoms with Crippen LogP contribution in [0, 0.1) is 0 Å². The van der Waals surface area contributed by atoms with Crippen molar-refractivity contribution in [1.29, 1.82) is 0 Å². The van der Waals surface area contributed by atoms with Crippen molar-refractivity contribution >= 4 is 44.3 Å². The minimum atomic E-state index is -3.57. The molecule has 3 aromatic rings. The van der Waals surface area contributed by atoms with Crippen molar-refractivity contribution < 1.29 is 17.9 Å². The van der Waals surface area contributed by atoms with Gasteiger partial charge in [-0.15, -0.1) is 22.7 Å². The molecule has 9 heteroatoms. The number of rotatable bonds is 9. The molecule has 0 aliphatic rings. The second kappa shape index (κ2) is 9.22. The Bertz CT molecular complexity index is 983. The van der Waals surface area contributed by atoms with Gasteiger partial charge in [-0.2, -0.15) is 0 Å². The first-order chi connectivity index (χ1) is 13.5. The minimum absolute atomic E-state index is 0.0902. The summed E-state index contributed by atoms with van der Waals surface area (Å²) in [4.78, 5) is 13.1. The standard InChI is InChI=1S/C19H20N2O4S3/c1-21(28(23,24)19-5-3-13-27-19)15-6-8-16(9-7-15)25-14-18(22)20-11-10-17-4-2-12-26-17/h2-9,12-13H,10-11,14H2,1H3,(H,20,22). The van der Waals surface area contributed by atoms with E-state index >= 15 is 0 Å². The molecule has 0 saturated heterocycles. The first-order valence-corrected chi connectivity index (χ1v) is 11.7. The highest BCUT2D eigenvalue weighted by atomic mass is 32.2. The van der Waals surface area contributed by atoms with Crippen LogP contribution in [0.4, 0.5) is 5.69 Å². The van der Waals surface area contributed by atoms with Crippen molar-refractivity contribution in [1.82, 2.24) is 5.32 Å². The van der Waals surface area contributed by atoms with Crippen LogP contribution in [-0.4, -0.2) is 34.5 Å². The number of nitrogens with zero attached hydrogens (tertiary/aromatic N) is 1. The first kappa shape index (κ1) is 20.4. The molecular formula is C19H20N2O4S3. The molecule has 0 saturated carbocycles. The topological polar surface area (TPSA) is 75.7 Å². The van der Waals surface area contributed by atoms with Gasteiger partial charge in [0.15, 0.2) is 6.61 Å². The number of nitrogens with one attached hydrogen (secondary N) is 1. The van der Waals surface area contributed by atoms with Gasteiger partial charge < -0.3 is 10.1 Å². The Labute approximate surface area is 172 Å². The van der Waals surface area contributed by atoms with Crippen LogP contribution in [0.3, 0.4) is 0 Å². The molecule has 148 valence electrons. The number of carbonyl (C=O) groups is 1. The Hall–Kier alpha value is -2.36. The molecular weight excluding hydrogens is 416 g/mol. The minimum Gasteiger partial charge on any atom is -0.484 e. The van der Waals surface area contributed by atoms with E-state index in [1.165, 1.54) is 27.6 Å². The number of carbonyl (C=O) groups excluding carboxylic acids is 1. The van der Waals surface area contributed by atoms with E-state index in [0.29, 0.717) is 18.0 Å². The lowest BCUT2D eigenvalue weighted by Crippen LogP contribution is -2.30. The number of anilines is 1. The second-order valence-electron chi connectivity index (χ2n) is 5.87. The summed E-state index contributed by atoms with van der Waals surface area (Å²) in [5, 5.41) is 6.54. The SMILES string of the molecule is CN(c1ccc(OCC(=O)NCCc2cccs2)cc1)S(=O)(=O)c1cccs1. The van der Waals surface area contributed by atoms with Crippen molar-refractivity contribution in [3.63, 3.8) is 0 Å². The summed E-state index contributed by atoms with van der Waals surface area (Å²) in [5.74, 6) is 0.303. The first-order valence-electron chi connectivity index (χ1n) is 8.51. The van der Waals surface area contributed by atoms with Crippen molar-refractivity contribution in [3.05, 3.63) is 64.2 Å². The summed E-state index contributed by atoms with van der Waals surface area (Å²) < 4.78 is 32.0. The van der Waals surface area contributed by atoms with Gasteiger partial charge in [0.1, 0.15) is 9.96 Å². The quantitative estimate of drug-likeness (QED) is 0.558. The number of hydrogen-bond donors (Lipinski definition) is 1. The monoisotopic (exact) mass is 436 g/mol. The van der Waals surface area contributed by atoms with Gasteiger partial charge in [-0.3, -0.25) is 9.10 Å². The van der Waals surface area contributed by atoms with Crippen LogP contribution in [0.25, 0.3) is 0 Å². The molecule has 1 amide bonds. The Morgan fingerprint density at radius 3 is 2.43 bits per heavy atom. The van der Waals surface area contributed by atoms with E-state index in [9.17, 15) is 13.2 Å². The van der Waals surface area contributed by atoms with Gasteiger partial charge in [-0.1, -0.05) is 12.1 Å². The van der Waals surface area contributed by atoms with Crippen LogP contribution >= 0.6 is 22.7 Å². The zero-order valence-electron chi connectivity index (χ0n) is 15.2. The molecule has 1 N–H and O–H groups in total. The summed E-state index contributed by atoms with van der Waals surface area (Å²) in [7, 11) is -2.06. The highest BCUT2D eigenvalue weighted by molar-refractivity contribution is 7.94. The average Bonchev–Trinajstić information content (AvgIpc) is 3.40. The van der Waals surface area contributed by atoms with Gasteiger partial charge in [0.05, 0.1) is 5.69 Å². The molecule has 0 fully saturated rings. The smallest absolute Gasteiger partial charge is 0.273 e. The Balaban J connectivity index is 1.49. The third-order valence-corrected chi connectivity index (χ3v) is 8.05. The highest BCUT2D eigenvalue weighted by Crippen LogP contribution is 2.26. The highest BCUT2D eigenvalue weighted by Gasteiger charge is 2.22. The lowest BCUT2D eigenvalue weighted by Gasteiger charge is -2.18. The number of thiophene rings is 2. The van der Waals surface area contributed by atoms with Crippen LogP contribution in [0.15, 0.2) is 63.5 Å². The Morgan fingerprint density at radius 1 is 1.07 bits per heavy atom. The molecule has 28 heavy (non-hydrogen) atoms. The van der Waals surface area contributed by atoms with Crippen LogP contribution in [0.2, 0.25) is 0 Å². The lowest BCUT2D eigenvalue weighted by molar-refractivity contribution is -0.123. The van der Waals surface area contributed by atoms with E-state index in [1.807, 2.05) is 17.5 Å². The molecule has 0 unspecified atom stereocenters. The normalized spacial score (nSPS) is 11.2. The largest absolute Gasteiger partial charge is 0.484 e. The average molecular weight is 437 g/mol. The van der Waals surface area contributed by atoms with Gasteiger partial charge in [0.25, 0.3) is 15.9 Å². The van der Waals surface area contributed by atoms with E-state index in [2.05, 4.69) is 5.32 Å². The predicted molar refractivity (Wildman–Crippen MR) is 113 cm³/mol. The fourth-order valence-corrected chi connectivity index (χ4v) is 5.48. The molecule has 2 heterocycles. The molecule has 2 aromatic heterocycles. The van der Waals surface area contributed by atoms with Gasteiger partial charge in [-0.05, 0) is 53.6 Å². The summed E-state index contributed by atoms with van der Waals surface area (Å²) >= 11 is 2.84. The van der Waals surface area contributed by atoms with Crippen LogP contribution in [0.1, 0.15) is 4.88 Å². The number of ether oxygens (including phenoxy) is 1. The molecule has 0 atom stereocenters. The fourth-order valence-electron chi connectivity index (χ4n) is 2.42. The van der Waals surface area contributed by atoms with E-state index in [0.717, 1.165) is 6.42 Å². The number of hydrogen-bond acceptors (Lipinski definition) is 6. The van der Waals surface area contributed by atoms with Crippen molar-refractivity contribution in [2.45, 2.75) is 10.6 Å². The molecule has 1 aromatic carbocycles. The second-order valence-corrected chi connectivity index (χ2v) is 10.0. The van der Waals surface area contributed by atoms with Gasteiger partial charge >= 0.3 is 0 Å². The number of benzene rings is 1. The fraction of sp³-hybridized carbons (Fsp3) is 0.211. The number of sulfonamides is 1. The van der Waals surface area contributed by atoms with Crippen molar-refractivity contribution in [2.24, 2.45) is 0 Å². The van der Waals surface area contributed by atoms with Gasteiger partial charge in [-0.25, -0.2) is 8.42 Å². The van der Waals surface area contributed by atoms with Crippen LogP contribution in [-0.2, 0) is 21.2 Å². The summed E-state index contributed by atoms with van der Waals surface area (Å²) in [6, 6.07) is 13.9. The molecule has 0 radical (unpaired) electrons. The van der Waals surface area contributed by atoms with Crippen LogP contribution in [0.5, 0.6) is 5.75 Å². The molecule has 3 rings (SSSR count). The Kier molecular flexibility index (Phi) is 6.71. The Morgan fingerprint density at radius 2 is 1.79 bits per heavy atom. The predicted octanol–water partition coefficient (Wildman–Crippen LogP) is 3.37. The lowest BCUT2D eigenvalue weighted by atomic mass is 10.3. The zero-order chi connectivity index (χ0) is 20.0. The zero-order valence-corrected chi connectivity index (χ0v) is 17.6. The number of amides is 1. The van der Waals surface area contributed by atoms with Gasteiger partial charge in [0, 0.05) is 18.5 Å². The molecule has 6 nitrogen and oxygen atoms in total. The summed E-state index contributed by atoms with van der Waals surface area (Å²) in [6.45, 7) is 0.472. The molecule has 0 bridgehead atoms. The van der Waals surface area contributed by atoms with Crippen LogP contribution < -0.4 is 14.4 Å². The van der Waals surface area contributed by atoms with Crippen molar-refractivity contribution in [2.75, 3.05) is 24.5 Å². The van der Waals surface area contributed by atoms with E-state index in [4.69, 9.17) is 4.74 Å². The molecule has 0 aliphatic heterocycles. The summed E-state index contributed by atoms with van der Waals surface area (Å²) in [5.41, 5.74) is 0.515. The maximum Gasteiger partial charge on any atom is 0.273 e. The molecule has 0 aliphatic carbocycles. The maximum atomic E-state index is 12.5. The van der Waals surface area contributed by atoms with E-state index in [1.54, 1.807) is 53.1 Å². The van der Waals surface area contributed by atoms with E-state index in [-0.39, 0.29) is 16.7 Å². The third-order valence-electron chi connectivity index (χ3n) is 3.95. The third kappa shape index (κ3) is 5.12. The van der Waals surface area contributed by atoms with E-state index < -0.39 is 10.0 Å². The maximum absolute atomic E-state index is 12.5.